The molecule has 3 aromatic rings. The van der Waals surface area contributed by atoms with Crippen molar-refractivity contribution in [3.63, 3.8) is 0 Å². The van der Waals surface area contributed by atoms with Crippen molar-refractivity contribution in [3.8, 4) is 28.9 Å². The Balaban J connectivity index is 2.01. The normalized spacial score (nSPS) is 10.8. The fourth-order valence-electron chi connectivity index (χ4n) is 1.65. The summed E-state index contributed by atoms with van der Waals surface area (Å²) >= 11 is 5.84. The van der Waals surface area contributed by atoms with E-state index in [0.29, 0.717) is 23.1 Å². The van der Waals surface area contributed by atoms with E-state index in [1.807, 2.05) is 7.05 Å². The molecule has 0 spiro atoms. The van der Waals surface area contributed by atoms with Crippen LogP contribution in [0.4, 0.5) is 0 Å². The summed E-state index contributed by atoms with van der Waals surface area (Å²) in [6, 6.07) is 4.69. The average molecular weight is 277 g/mol. The van der Waals surface area contributed by atoms with Gasteiger partial charge in [0.15, 0.2) is 5.82 Å². The van der Waals surface area contributed by atoms with Crippen molar-refractivity contribution in [1.29, 1.82) is 0 Å². The van der Waals surface area contributed by atoms with E-state index in [1.54, 1.807) is 29.1 Å². The van der Waals surface area contributed by atoms with E-state index in [1.165, 1.54) is 6.07 Å². The molecule has 1 N–H and O–H groups in total. The molecule has 96 valence electrons. The third-order valence-electron chi connectivity index (χ3n) is 2.64. The van der Waals surface area contributed by atoms with Gasteiger partial charge in [0.25, 0.3) is 5.89 Å². The molecule has 0 radical (unpaired) electrons. The number of hydrogen-bond acceptors (Lipinski definition) is 5. The number of phenols is 1. The number of nitrogens with zero attached hydrogens (tertiary/aromatic N) is 4. The molecular formula is C12H9ClN4O2. The van der Waals surface area contributed by atoms with Crippen LogP contribution >= 0.6 is 11.6 Å². The number of imidazole rings is 1. The molecular weight excluding hydrogens is 268 g/mol. The van der Waals surface area contributed by atoms with Gasteiger partial charge in [0, 0.05) is 25.0 Å². The Kier molecular flexibility index (Phi) is 2.72. The molecule has 0 bridgehead atoms. The van der Waals surface area contributed by atoms with Crippen molar-refractivity contribution in [2.45, 2.75) is 0 Å². The fourth-order valence-corrected chi connectivity index (χ4v) is 1.83. The van der Waals surface area contributed by atoms with Gasteiger partial charge in [-0.3, -0.25) is 0 Å². The zero-order chi connectivity index (χ0) is 13.4. The quantitative estimate of drug-likeness (QED) is 0.778. The van der Waals surface area contributed by atoms with Crippen LogP contribution in [0.5, 0.6) is 5.75 Å². The minimum atomic E-state index is 0.00857. The molecule has 0 saturated heterocycles. The Morgan fingerprint density at radius 2 is 2.21 bits per heavy atom. The molecule has 7 heteroatoms. The highest BCUT2D eigenvalue weighted by Gasteiger charge is 2.14. The fraction of sp³-hybridized carbons (Fsp3) is 0.0833. The molecule has 6 nitrogen and oxygen atoms in total. The Morgan fingerprint density at radius 3 is 2.89 bits per heavy atom. The molecule has 0 saturated carbocycles. The van der Waals surface area contributed by atoms with E-state index in [9.17, 15) is 5.11 Å². The van der Waals surface area contributed by atoms with Crippen LogP contribution in [-0.2, 0) is 7.05 Å². The first-order valence-electron chi connectivity index (χ1n) is 5.45. The van der Waals surface area contributed by atoms with Crippen LogP contribution in [-0.4, -0.2) is 24.8 Å². The van der Waals surface area contributed by atoms with Crippen molar-refractivity contribution in [1.82, 2.24) is 19.7 Å². The lowest BCUT2D eigenvalue weighted by Gasteiger charge is -1.97. The summed E-state index contributed by atoms with van der Waals surface area (Å²) in [5, 5.41) is 13.5. The van der Waals surface area contributed by atoms with Crippen molar-refractivity contribution >= 4 is 11.6 Å². The monoisotopic (exact) mass is 276 g/mol. The zero-order valence-corrected chi connectivity index (χ0v) is 10.7. The van der Waals surface area contributed by atoms with Gasteiger partial charge in [-0.15, -0.1) is 0 Å². The second-order valence-electron chi connectivity index (χ2n) is 3.95. The van der Waals surface area contributed by atoms with Gasteiger partial charge in [0.2, 0.25) is 5.82 Å². The number of hydrogen-bond donors (Lipinski definition) is 1. The molecule has 1 aromatic carbocycles. The van der Waals surface area contributed by atoms with E-state index in [0.717, 1.165) is 0 Å². The lowest BCUT2D eigenvalue weighted by atomic mass is 10.2. The van der Waals surface area contributed by atoms with Crippen LogP contribution < -0.4 is 0 Å². The molecule has 0 unspecified atom stereocenters. The van der Waals surface area contributed by atoms with E-state index < -0.39 is 0 Å². The predicted molar refractivity (Wildman–Crippen MR) is 68.6 cm³/mol. The summed E-state index contributed by atoms with van der Waals surface area (Å²) in [4.78, 5) is 8.39. The summed E-state index contributed by atoms with van der Waals surface area (Å²) < 4.78 is 6.96. The van der Waals surface area contributed by atoms with Crippen molar-refractivity contribution in [2.24, 2.45) is 7.05 Å². The van der Waals surface area contributed by atoms with Crippen LogP contribution in [0.1, 0.15) is 0 Å². The van der Waals surface area contributed by atoms with Crippen molar-refractivity contribution in [2.75, 3.05) is 0 Å². The molecule has 0 aliphatic carbocycles. The van der Waals surface area contributed by atoms with Crippen LogP contribution in [0.15, 0.2) is 35.1 Å². The number of rotatable bonds is 2. The van der Waals surface area contributed by atoms with Gasteiger partial charge in [-0.05, 0) is 18.2 Å². The lowest BCUT2D eigenvalue weighted by Crippen LogP contribution is -1.92. The predicted octanol–water partition coefficient (Wildman–Crippen LogP) is 2.50. The molecule has 0 aliphatic rings. The van der Waals surface area contributed by atoms with Crippen molar-refractivity contribution < 1.29 is 9.63 Å². The second-order valence-corrected chi connectivity index (χ2v) is 4.36. The number of aromatic hydroxyl groups is 1. The molecule has 3 rings (SSSR count). The van der Waals surface area contributed by atoms with Crippen LogP contribution in [0.2, 0.25) is 5.02 Å². The molecule has 2 heterocycles. The summed E-state index contributed by atoms with van der Waals surface area (Å²) in [5.74, 6) is 1.33. The summed E-state index contributed by atoms with van der Waals surface area (Å²) in [6.45, 7) is 0. The van der Waals surface area contributed by atoms with E-state index >= 15 is 0 Å². The minimum absolute atomic E-state index is 0.00857. The minimum Gasteiger partial charge on any atom is -0.506 e. The Bertz CT molecular complexity index is 735. The standard InChI is InChI=1S/C12H9ClN4O2/c1-17-5-4-14-11(17)10-15-12(19-16-10)7-2-3-9(18)8(13)6-7/h2-6,18H,1H3. The van der Waals surface area contributed by atoms with E-state index in [4.69, 9.17) is 16.1 Å². The van der Waals surface area contributed by atoms with Gasteiger partial charge in [0.1, 0.15) is 5.75 Å². The first kappa shape index (κ1) is 11.7. The number of halogens is 1. The largest absolute Gasteiger partial charge is 0.506 e. The zero-order valence-electron chi connectivity index (χ0n) is 9.91. The number of aryl methyl sites for hydroxylation is 1. The van der Waals surface area contributed by atoms with E-state index in [2.05, 4.69) is 15.1 Å². The molecule has 19 heavy (non-hydrogen) atoms. The summed E-state index contributed by atoms with van der Waals surface area (Å²) in [5.41, 5.74) is 0.635. The maximum absolute atomic E-state index is 9.37. The molecule has 2 aromatic heterocycles. The number of aromatic nitrogens is 4. The van der Waals surface area contributed by atoms with Crippen LogP contribution in [0, 0.1) is 0 Å². The molecule has 0 atom stereocenters. The topological polar surface area (TPSA) is 77.0 Å². The first-order valence-corrected chi connectivity index (χ1v) is 5.83. The molecule has 0 fully saturated rings. The highest BCUT2D eigenvalue weighted by atomic mass is 35.5. The van der Waals surface area contributed by atoms with Crippen LogP contribution in [0.3, 0.4) is 0 Å². The Hall–Kier alpha value is -2.34. The number of benzene rings is 1. The SMILES string of the molecule is Cn1ccnc1-c1noc(-c2ccc(O)c(Cl)c2)n1. The van der Waals surface area contributed by atoms with E-state index in [-0.39, 0.29) is 10.8 Å². The van der Waals surface area contributed by atoms with Crippen LogP contribution in [0.25, 0.3) is 23.1 Å². The molecule has 0 amide bonds. The number of phenolic OH excluding ortho intramolecular Hbond substituents is 1. The van der Waals surface area contributed by atoms with Gasteiger partial charge >= 0.3 is 0 Å². The average Bonchev–Trinajstić information content (AvgIpc) is 3.01. The lowest BCUT2D eigenvalue weighted by molar-refractivity contribution is 0.431. The van der Waals surface area contributed by atoms with Gasteiger partial charge in [-0.2, -0.15) is 4.98 Å². The Morgan fingerprint density at radius 1 is 1.37 bits per heavy atom. The van der Waals surface area contributed by atoms with Gasteiger partial charge in [-0.25, -0.2) is 4.98 Å². The first-order chi connectivity index (χ1) is 9.15. The highest BCUT2D eigenvalue weighted by Crippen LogP contribution is 2.29. The smallest absolute Gasteiger partial charge is 0.258 e. The second kappa shape index (κ2) is 4.40. The van der Waals surface area contributed by atoms with Crippen molar-refractivity contribution in [3.05, 3.63) is 35.6 Å². The maximum Gasteiger partial charge on any atom is 0.258 e. The van der Waals surface area contributed by atoms with Gasteiger partial charge < -0.3 is 14.2 Å². The highest BCUT2D eigenvalue weighted by molar-refractivity contribution is 6.32. The molecule has 0 aliphatic heterocycles. The third kappa shape index (κ3) is 2.06. The van der Waals surface area contributed by atoms with Gasteiger partial charge in [0.05, 0.1) is 5.02 Å². The maximum atomic E-state index is 9.37. The summed E-state index contributed by atoms with van der Waals surface area (Å²) in [7, 11) is 1.84. The summed E-state index contributed by atoms with van der Waals surface area (Å²) in [6.07, 6.45) is 3.45. The Labute approximate surface area is 113 Å². The van der Waals surface area contributed by atoms with Gasteiger partial charge in [-0.1, -0.05) is 16.8 Å². The third-order valence-corrected chi connectivity index (χ3v) is 2.94.